The lowest BCUT2D eigenvalue weighted by Gasteiger charge is -2.11. The molecule has 5 nitrogen and oxygen atoms in total. The fourth-order valence-electron chi connectivity index (χ4n) is 1.74. The monoisotopic (exact) mass is 255 g/mol. The van der Waals surface area contributed by atoms with Crippen LogP contribution in [0.3, 0.4) is 0 Å². The van der Waals surface area contributed by atoms with Gasteiger partial charge in [-0.1, -0.05) is 25.4 Å². The Labute approximate surface area is 109 Å². The number of aryl methyl sites for hydroxylation is 1. The van der Waals surface area contributed by atoms with E-state index in [2.05, 4.69) is 24.0 Å². The molecule has 104 valence electrons. The molecule has 0 aliphatic carbocycles. The fraction of sp³-hybridized carbons (Fsp3) is 0.846. The van der Waals surface area contributed by atoms with Gasteiger partial charge in [0.1, 0.15) is 6.10 Å². The van der Waals surface area contributed by atoms with Gasteiger partial charge < -0.3 is 15.0 Å². The molecule has 0 aromatic carbocycles. The summed E-state index contributed by atoms with van der Waals surface area (Å²) in [6.07, 6.45) is 3.69. The molecule has 0 saturated carbocycles. The van der Waals surface area contributed by atoms with Crippen LogP contribution in [-0.2, 0) is 11.2 Å². The molecule has 1 rings (SSSR count). The van der Waals surface area contributed by atoms with Gasteiger partial charge in [-0.25, -0.2) is 0 Å². The summed E-state index contributed by atoms with van der Waals surface area (Å²) in [7, 11) is 0. The molecule has 0 saturated heterocycles. The summed E-state index contributed by atoms with van der Waals surface area (Å²) in [6.45, 7) is 7.58. The van der Waals surface area contributed by atoms with Crippen LogP contribution in [0.5, 0.6) is 0 Å². The van der Waals surface area contributed by atoms with E-state index >= 15 is 0 Å². The van der Waals surface area contributed by atoms with Gasteiger partial charge in [-0.15, -0.1) is 0 Å². The zero-order valence-corrected chi connectivity index (χ0v) is 11.7. The van der Waals surface area contributed by atoms with Gasteiger partial charge in [0.2, 0.25) is 11.7 Å². The summed E-state index contributed by atoms with van der Waals surface area (Å²) < 4.78 is 10.9. The minimum Gasteiger partial charge on any atom is -0.370 e. The SMILES string of the molecule is CCCC(OCC)c1noc(CCC(C)CN)n1. The van der Waals surface area contributed by atoms with Crippen molar-refractivity contribution in [2.24, 2.45) is 11.7 Å². The van der Waals surface area contributed by atoms with Crippen molar-refractivity contribution in [3.8, 4) is 0 Å². The number of rotatable bonds is 9. The first-order valence-corrected chi connectivity index (χ1v) is 6.85. The zero-order chi connectivity index (χ0) is 13.4. The highest BCUT2D eigenvalue weighted by Crippen LogP contribution is 2.20. The lowest BCUT2D eigenvalue weighted by Crippen LogP contribution is -2.11. The third kappa shape index (κ3) is 4.74. The van der Waals surface area contributed by atoms with Gasteiger partial charge in [0.15, 0.2) is 0 Å². The van der Waals surface area contributed by atoms with Gasteiger partial charge in [0.25, 0.3) is 0 Å². The van der Waals surface area contributed by atoms with Crippen LogP contribution < -0.4 is 5.73 Å². The number of ether oxygens (including phenoxy) is 1. The standard InChI is InChI=1S/C13H25N3O2/c1-4-6-11(17-5-2)13-15-12(18-16-13)8-7-10(3)9-14/h10-11H,4-9,14H2,1-3H3. The maximum Gasteiger partial charge on any atom is 0.226 e. The van der Waals surface area contributed by atoms with E-state index in [-0.39, 0.29) is 6.10 Å². The number of hydrogen-bond donors (Lipinski definition) is 1. The summed E-state index contributed by atoms with van der Waals surface area (Å²) in [6, 6.07) is 0. The number of hydrogen-bond acceptors (Lipinski definition) is 5. The van der Waals surface area contributed by atoms with Gasteiger partial charge in [-0.2, -0.15) is 4.98 Å². The van der Waals surface area contributed by atoms with Crippen molar-refractivity contribution in [3.63, 3.8) is 0 Å². The molecule has 2 unspecified atom stereocenters. The predicted octanol–water partition coefficient (Wildman–Crippen LogP) is 2.47. The normalized spacial score (nSPS) is 14.7. The van der Waals surface area contributed by atoms with E-state index in [4.69, 9.17) is 15.0 Å². The Kier molecular flexibility index (Phi) is 6.90. The predicted molar refractivity (Wildman–Crippen MR) is 70.1 cm³/mol. The zero-order valence-electron chi connectivity index (χ0n) is 11.7. The topological polar surface area (TPSA) is 74.2 Å². The van der Waals surface area contributed by atoms with Crippen molar-refractivity contribution in [1.82, 2.24) is 10.1 Å². The molecule has 2 N–H and O–H groups in total. The molecule has 0 amide bonds. The summed E-state index contributed by atoms with van der Waals surface area (Å²) >= 11 is 0. The molecule has 5 heteroatoms. The van der Waals surface area contributed by atoms with Crippen molar-refractivity contribution >= 4 is 0 Å². The summed E-state index contributed by atoms with van der Waals surface area (Å²) in [5, 5.41) is 4.02. The number of aromatic nitrogens is 2. The first kappa shape index (κ1) is 15.1. The molecule has 2 atom stereocenters. The number of nitrogens with zero attached hydrogens (tertiary/aromatic N) is 2. The van der Waals surface area contributed by atoms with Crippen LogP contribution in [0, 0.1) is 5.92 Å². The average molecular weight is 255 g/mol. The summed E-state index contributed by atoms with van der Waals surface area (Å²) in [5.74, 6) is 1.85. The third-order valence-corrected chi connectivity index (χ3v) is 2.94. The molecule has 1 heterocycles. The second kappa shape index (κ2) is 8.21. The molecule has 1 aromatic rings. The number of nitrogens with two attached hydrogens (primary N) is 1. The van der Waals surface area contributed by atoms with E-state index in [1.807, 2.05) is 6.92 Å². The van der Waals surface area contributed by atoms with Crippen LogP contribution in [0.1, 0.15) is 57.9 Å². The van der Waals surface area contributed by atoms with Crippen molar-refractivity contribution in [2.45, 2.75) is 52.6 Å². The average Bonchev–Trinajstić information content (AvgIpc) is 2.84. The van der Waals surface area contributed by atoms with E-state index in [1.165, 1.54) is 0 Å². The minimum absolute atomic E-state index is 0.0376. The highest BCUT2D eigenvalue weighted by molar-refractivity contribution is 4.91. The van der Waals surface area contributed by atoms with Crippen LogP contribution in [0.4, 0.5) is 0 Å². The molecule has 0 spiro atoms. The minimum atomic E-state index is -0.0376. The maximum absolute atomic E-state index is 5.62. The van der Waals surface area contributed by atoms with Gasteiger partial charge in [-0.05, 0) is 32.2 Å². The summed E-state index contributed by atoms with van der Waals surface area (Å²) in [4.78, 5) is 4.41. The Morgan fingerprint density at radius 3 is 2.72 bits per heavy atom. The van der Waals surface area contributed by atoms with E-state index in [9.17, 15) is 0 Å². The Balaban J connectivity index is 2.54. The van der Waals surface area contributed by atoms with Gasteiger partial charge in [0, 0.05) is 13.0 Å². The van der Waals surface area contributed by atoms with Crippen LogP contribution in [0.25, 0.3) is 0 Å². The van der Waals surface area contributed by atoms with Crippen molar-refractivity contribution < 1.29 is 9.26 Å². The molecule has 1 aromatic heterocycles. The quantitative estimate of drug-likeness (QED) is 0.733. The molecular formula is C13H25N3O2. The van der Waals surface area contributed by atoms with Gasteiger partial charge >= 0.3 is 0 Å². The highest BCUT2D eigenvalue weighted by Gasteiger charge is 2.17. The molecule has 0 aliphatic rings. The Morgan fingerprint density at radius 1 is 1.33 bits per heavy atom. The van der Waals surface area contributed by atoms with Gasteiger partial charge in [-0.3, -0.25) is 0 Å². The van der Waals surface area contributed by atoms with E-state index in [0.717, 1.165) is 25.7 Å². The fourth-order valence-corrected chi connectivity index (χ4v) is 1.74. The second-order valence-corrected chi connectivity index (χ2v) is 4.66. The Morgan fingerprint density at radius 2 is 2.11 bits per heavy atom. The van der Waals surface area contributed by atoms with Crippen molar-refractivity contribution in [2.75, 3.05) is 13.2 Å². The first-order chi connectivity index (χ1) is 8.71. The van der Waals surface area contributed by atoms with Gasteiger partial charge in [0.05, 0.1) is 0 Å². The second-order valence-electron chi connectivity index (χ2n) is 4.66. The van der Waals surface area contributed by atoms with E-state index in [0.29, 0.717) is 30.8 Å². The molecule has 0 aliphatic heterocycles. The molecule has 0 radical (unpaired) electrons. The van der Waals surface area contributed by atoms with Crippen molar-refractivity contribution in [3.05, 3.63) is 11.7 Å². The molecular weight excluding hydrogens is 230 g/mol. The molecule has 18 heavy (non-hydrogen) atoms. The van der Waals surface area contributed by atoms with Crippen molar-refractivity contribution in [1.29, 1.82) is 0 Å². The molecule has 0 fully saturated rings. The Hall–Kier alpha value is -0.940. The van der Waals surface area contributed by atoms with E-state index in [1.54, 1.807) is 0 Å². The summed E-state index contributed by atoms with van der Waals surface area (Å²) in [5.41, 5.74) is 5.58. The highest BCUT2D eigenvalue weighted by atomic mass is 16.5. The molecule has 0 bridgehead atoms. The van der Waals surface area contributed by atoms with Crippen LogP contribution in [0.15, 0.2) is 4.52 Å². The van der Waals surface area contributed by atoms with Crippen LogP contribution in [-0.4, -0.2) is 23.3 Å². The first-order valence-electron chi connectivity index (χ1n) is 6.85. The van der Waals surface area contributed by atoms with E-state index < -0.39 is 0 Å². The Bertz CT molecular complexity index is 322. The van der Waals surface area contributed by atoms with Crippen LogP contribution >= 0.6 is 0 Å². The lowest BCUT2D eigenvalue weighted by atomic mass is 10.1. The van der Waals surface area contributed by atoms with Crippen LogP contribution in [0.2, 0.25) is 0 Å². The largest absolute Gasteiger partial charge is 0.370 e. The lowest BCUT2D eigenvalue weighted by molar-refractivity contribution is 0.0477. The smallest absolute Gasteiger partial charge is 0.226 e. The maximum atomic E-state index is 5.62. The third-order valence-electron chi connectivity index (χ3n) is 2.94.